The van der Waals surface area contributed by atoms with Crippen LogP contribution in [0.3, 0.4) is 0 Å². The minimum Gasteiger partial charge on any atom is -0.326 e. The molecule has 2 unspecified atom stereocenters. The summed E-state index contributed by atoms with van der Waals surface area (Å²) in [5.41, 5.74) is 5.88. The lowest BCUT2D eigenvalue weighted by Gasteiger charge is -2.17. The molecule has 1 aromatic rings. The van der Waals surface area contributed by atoms with Crippen LogP contribution in [0.25, 0.3) is 0 Å². The van der Waals surface area contributed by atoms with Crippen molar-refractivity contribution in [2.24, 2.45) is 11.7 Å². The molecule has 1 aliphatic rings. The highest BCUT2D eigenvalue weighted by Gasteiger charge is 2.36. The Hall–Kier alpha value is 0.0500. The molecule has 4 nitrogen and oxygen atoms in total. The number of sulfonamides is 1. The Balaban J connectivity index is 2.40. The predicted octanol–water partition coefficient (Wildman–Crippen LogP) is 2.18. The number of rotatable bonds is 2. The van der Waals surface area contributed by atoms with Crippen molar-refractivity contribution < 1.29 is 8.42 Å². The first-order valence-electron chi connectivity index (χ1n) is 5.53. The molecule has 1 aromatic carbocycles. The molecular weight excluding hydrogens is 384 g/mol. The second kappa shape index (κ2) is 5.20. The maximum absolute atomic E-state index is 12.5. The van der Waals surface area contributed by atoms with Gasteiger partial charge in [0.2, 0.25) is 10.0 Å². The average molecular weight is 398 g/mol. The van der Waals surface area contributed by atoms with E-state index in [0.717, 1.165) is 4.47 Å². The van der Waals surface area contributed by atoms with Gasteiger partial charge in [-0.1, -0.05) is 22.9 Å². The van der Waals surface area contributed by atoms with Gasteiger partial charge in [-0.25, -0.2) is 8.42 Å². The number of hydrogen-bond donors (Lipinski definition) is 1. The molecule has 1 aliphatic heterocycles. The maximum Gasteiger partial charge on any atom is 0.244 e. The lowest BCUT2D eigenvalue weighted by atomic mass is 10.1. The Morgan fingerprint density at radius 2 is 2.00 bits per heavy atom. The first-order chi connectivity index (χ1) is 8.32. The smallest absolute Gasteiger partial charge is 0.244 e. The summed E-state index contributed by atoms with van der Waals surface area (Å²) >= 11 is 6.58. The van der Waals surface area contributed by atoms with Crippen molar-refractivity contribution in [3.05, 3.63) is 27.1 Å². The molecule has 0 aliphatic carbocycles. The van der Waals surface area contributed by atoms with Gasteiger partial charge >= 0.3 is 0 Å². The van der Waals surface area contributed by atoms with Gasteiger partial charge in [0.1, 0.15) is 0 Å². The summed E-state index contributed by atoms with van der Waals surface area (Å²) in [7, 11) is -3.48. The first kappa shape index (κ1) is 14.5. The summed E-state index contributed by atoms with van der Waals surface area (Å²) in [5.74, 6) is 0.186. The van der Waals surface area contributed by atoms with Gasteiger partial charge in [-0.2, -0.15) is 4.31 Å². The van der Waals surface area contributed by atoms with Crippen LogP contribution >= 0.6 is 31.9 Å². The normalized spacial score (nSPS) is 25.6. The third-order valence-electron chi connectivity index (χ3n) is 3.15. The maximum atomic E-state index is 12.5. The topological polar surface area (TPSA) is 63.4 Å². The van der Waals surface area contributed by atoms with Gasteiger partial charge < -0.3 is 5.73 Å². The lowest BCUT2D eigenvalue weighted by Crippen LogP contribution is -2.32. The summed E-state index contributed by atoms with van der Waals surface area (Å²) in [6.07, 6.45) is 0. The molecular formula is C11H14Br2N2O2S. The molecule has 2 atom stereocenters. The van der Waals surface area contributed by atoms with Gasteiger partial charge in [-0.15, -0.1) is 0 Å². The van der Waals surface area contributed by atoms with E-state index in [9.17, 15) is 8.42 Å². The molecule has 1 fully saturated rings. The molecule has 0 spiro atoms. The van der Waals surface area contributed by atoms with Crippen molar-refractivity contribution in [1.29, 1.82) is 0 Å². The summed E-state index contributed by atoms with van der Waals surface area (Å²) in [5, 5.41) is 0. The Morgan fingerprint density at radius 3 is 2.56 bits per heavy atom. The number of halogens is 2. The lowest BCUT2D eigenvalue weighted by molar-refractivity contribution is 0.464. The Bertz CT molecular complexity index is 552. The van der Waals surface area contributed by atoms with Crippen LogP contribution in [0, 0.1) is 5.92 Å². The molecule has 0 bridgehead atoms. The monoisotopic (exact) mass is 396 g/mol. The number of benzene rings is 1. The molecule has 2 rings (SSSR count). The Labute approximate surface area is 124 Å². The number of nitrogens with two attached hydrogens (primary N) is 1. The van der Waals surface area contributed by atoms with Crippen molar-refractivity contribution in [1.82, 2.24) is 4.31 Å². The van der Waals surface area contributed by atoms with Crippen molar-refractivity contribution in [3.8, 4) is 0 Å². The van der Waals surface area contributed by atoms with Gasteiger partial charge in [-0.3, -0.25) is 0 Å². The summed E-state index contributed by atoms with van der Waals surface area (Å²) in [4.78, 5) is 0.276. The van der Waals surface area contributed by atoms with Crippen molar-refractivity contribution in [2.75, 3.05) is 13.1 Å². The standard InChI is InChI=1S/C11H14Br2N2O2S/c1-7-5-15(6-10(7)14)18(16,17)11-4-8(12)2-3-9(11)13/h2-4,7,10H,5-6,14H2,1H3. The fraction of sp³-hybridized carbons (Fsp3) is 0.455. The van der Waals surface area contributed by atoms with E-state index in [1.165, 1.54) is 4.31 Å². The second-order valence-electron chi connectivity index (χ2n) is 4.54. The van der Waals surface area contributed by atoms with Crippen LogP contribution in [0.4, 0.5) is 0 Å². The molecule has 100 valence electrons. The van der Waals surface area contributed by atoms with E-state index in [4.69, 9.17) is 5.73 Å². The van der Waals surface area contributed by atoms with Gasteiger partial charge in [0, 0.05) is 28.1 Å². The van der Waals surface area contributed by atoms with E-state index in [2.05, 4.69) is 31.9 Å². The second-order valence-corrected chi connectivity index (χ2v) is 8.21. The molecule has 2 N–H and O–H groups in total. The largest absolute Gasteiger partial charge is 0.326 e. The van der Waals surface area contributed by atoms with E-state index in [-0.39, 0.29) is 16.9 Å². The molecule has 1 saturated heterocycles. The molecule has 0 radical (unpaired) electrons. The van der Waals surface area contributed by atoms with Gasteiger partial charge in [0.05, 0.1) is 4.90 Å². The van der Waals surface area contributed by atoms with Crippen molar-refractivity contribution in [2.45, 2.75) is 17.9 Å². The third kappa shape index (κ3) is 2.65. The minimum atomic E-state index is -3.48. The number of hydrogen-bond acceptors (Lipinski definition) is 3. The molecule has 1 heterocycles. The van der Waals surface area contributed by atoms with E-state index < -0.39 is 10.0 Å². The van der Waals surface area contributed by atoms with Crippen molar-refractivity contribution >= 4 is 41.9 Å². The minimum absolute atomic E-state index is 0.0919. The van der Waals surface area contributed by atoms with Crippen LogP contribution in [0.5, 0.6) is 0 Å². The van der Waals surface area contributed by atoms with Crippen LogP contribution in [-0.2, 0) is 10.0 Å². The molecule has 0 aromatic heterocycles. The highest BCUT2D eigenvalue weighted by atomic mass is 79.9. The quantitative estimate of drug-likeness (QED) is 0.831. The summed E-state index contributed by atoms with van der Waals surface area (Å²) in [6, 6.07) is 5.02. The molecule has 18 heavy (non-hydrogen) atoms. The van der Waals surface area contributed by atoms with E-state index in [0.29, 0.717) is 17.6 Å². The van der Waals surface area contributed by atoms with Gasteiger partial charge in [-0.05, 0) is 40.0 Å². The van der Waals surface area contributed by atoms with Crippen molar-refractivity contribution in [3.63, 3.8) is 0 Å². The first-order valence-corrected chi connectivity index (χ1v) is 8.56. The van der Waals surface area contributed by atoms with Crippen LogP contribution in [0.15, 0.2) is 32.0 Å². The zero-order chi connectivity index (χ0) is 13.5. The summed E-state index contributed by atoms with van der Waals surface area (Å²) in [6.45, 7) is 2.82. The van der Waals surface area contributed by atoms with E-state index in [1.54, 1.807) is 18.2 Å². The zero-order valence-electron chi connectivity index (χ0n) is 9.81. The molecule has 0 saturated carbocycles. The van der Waals surface area contributed by atoms with Crippen LogP contribution in [0.2, 0.25) is 0 Å². The SMILES string of the molecule is CC1CN(S(=O)(=O)c2cc(Br)ccc2Br)CC1N. The van der Waals surface area contributed by atoms with E-state index >= 15 is 0 Å². The summed E-state index contributed by atoms with van der Waals surface area (Å²) < 4.78 is 27.8. The zero-order valence-corrected chi connectivity index (χ0v) is 13.8. The highest BCUT2D eigenvalue weighted by molar-refractivity contribution is 9.11. The predicted molar refractivity (Wildman–Crippen MR) is 77.7 cm³/mol. The van der Waals surface area contributed by atoms with Crippen LogP contribution in [0.1, 0.15) is 6.92 Å². The van der Waals surface area contributed by atoms with E-state index in [1.807, 2.05) is 6.92 Å². The van der Waals surface area contributed by atoms with Crippen LogP contribution in [-0.4, -0.2) is 31.9 Å². The van der Waals surface area contributed by atoms with Crippen LogP contribution < -0.4 is 5.73 Å². The Morgan fingerprint density at radius 1 is 1.33 bits per heavy atom. The third-order valence-corrected chi connectivity index (χ3v) is 6.47. The van der Waals surface area contributed by atoms with Gasteiger partial charge in [0.15, 0.2) is 0 Å². The average Bonchev–Trinajstić information content (AvgIpc) is 2.63. The fourth-order valence-corrected chi connectivity index (χ4v) is 5.00. The number of nitrogens with zero attached hydrogens (tertiary/aromatic N) is 1. The molecule has 7 heteroatoms. The fourth-order valence-electron chi connectivity index (χ4n) is 1.96. The highest BCUT2D eigenvalue weighted by Crippen LogP contribution is 2.30. The molecule has 0 amide bonds. The Kier molecular flexibility index (Phi) is 4.18. The van der Waals surface area contributed by atoms with Gasteiger partial charge in [0.25, 0.3) is 0 Å².